The van der Waals surface area contributed by atoms with E-state index in [4.69, 9.17) is 4.74 Å². The molecule has 1 aliphatic heterocycles. The van der Waals surface area contributed by atoms with E-state index in [1.165, 1.54) is 11.1 Å². The lowest BCUT2D eigenvalue weighted by atomic mass is 9.90. The van der Waals surface area contributed by atoms with Crippen LogP contribution in [0.5, 0.6) is 0 Å². The molecule has 0 radical (unpaired) electrons. The molecule has 1 heterocycles. The number of ketones is 1. The van der Waals surface area contributed by atoms with Gasteiger partial charge in [0.1, 0.15) is 24.4 Å². The monoisotopic (exact) mass is 370 g/mol. The summed E-state index contributed by atoms with van der Waals surface area (Å²) in [5, 5.41) is 29.4. The van der Waals surface area contributed by atoms with E-state index < -0.39 is 36.8 Å². The number of aryl methyl sites for hydroxylation is 2. The van der Waals surface area contributed by atoms with Gasteiger partial charge in [0, 0.05) is 0 Å². The van der Waals surface area contributed by atoms with Crippen molar-refractivity contribution in [2.75, 3.05) is 6.61 Å². The second-order valence-electron chi connectivity index (χ2n) is 7.10. The molecule has 0 saturated carbocycles. The molecule has 3 rings (SSSR count). The van der Waals surface area contributed by atoms with Crippen molar-refractivity contribution in [3.8, 4) is 0 Å². The zero-order valence-corrected chi connectivity index (χ0v) is 15.6. The summed E-state index contributed by atoms with van der Waals surface area (Å²) in [4.78, 5) is 12.1. The summed E-state index contributed by atoms with van der Waals surface area (Å²) in [7, 11) is 0. The van der Waals surface area contributed by atoms with Crippen molar-refractivity contribution in [1.29, 1.82) is 0 Å². The maximum absolute atomic E-state index is 12.1. The van der Waals surface area contributed by atoms with Gasteiger partial charge in [-0.1, -0.05) is 49.4 Å². The van der Waals surface area contributed by atoms with Crippen molar-refractivity contribution < 1.29 is 24.9 Å². The van der Waals surface area contributed by atoms with Crippen molar-refractivity contribution >= 4 is 5.78 Å². The first-order valence-electron chi connectivity index (χ1n) is 9.28. The zero-order chi connectivity index (χ0) is 19.6. The molecule has 0 spiro atoms. The summed E-state index contributed by atoms with van der Waals surface area (Å²) in [6.07, 6.45) is -3.17. The number of aliphatic hydroxyl groups is 3. The lowest BCUT2D eigenvalue weighted by Crippen LogP contribution is -2.52. The summed E-state index contributed by atoms with van der Waals surface area (Å²) in [6.45, 7) is 3.65. The highest BCUT2D eigenvalue weighted by Gasteiger charge is 2.43. The Morgan fingerprint density at radius 1 is 1.00 bits per heavy atom. The molecule has 0 amide bonds. The van der Waals surface area contributed by atoms with Crippen LogP contribution in [-0.2, 0) is 22.4 Å². The van der Waals surface area contributed by atoms with Crippen LogP contribution < -0.4 is 0 Å². The molecule has 1 saturated heterocycles. The van der Waals surface area contributed by atoms with Gasteiger partial charge < -0.3 is 20.1 Å². The molecule has 1 fully saturated rings. The van der Waals surface area contributed by atoms with Crippen molar-refractivity contribution in [2.24, 2.45) is 0 Å². The van der Waals surface area contributed by atoms with E-state index in [9.17, 15) is 20.1 Å². The summed E-state index contributed by atoms with van der Waals surface area (Å²) in [5.74, 6) is -0.720. The summed E-state index contributed by atoms with van der Waals surface area (Å²) >= 11 is 0. The van der Waals surface area contributed by atoms with Gasteiger partial charge in [0.2, 0.25) is 0 Å². The number of carbonyl (C=O) groups is 1. The molecule has 5 nitrogen and oxygen atoms in total. The number of carbonyl (C=O) groups excluding carboxylic acids is 1. The summed E-state index contributed by atoms with van der Waals surface area (Å²) < 4.78 is 5.62. The van der Waals surface area contributed by atoms with E-state index in [1.807, 2.05) is 25.1 Å². The van der Waals surface area contributed by atoms with Crippen LogP contribution in [0.25, 0.3) is 0 Å². The van der Waals surface area contributed by atoms with Crippen LogP contribution in [0, 0.1) is 6.92 Å². The molecular weight excluding hydrogens is 344 g/mol. The number of ether oxygens (including phenoxy) is 1. The highest BCUT2D eigenvalue weighted by Crippen LogP contribution is 2.31. The standard InChI is InChI=1S/C22H26O5/c1-3-14-5-7-15(8-6-14)10-17-11-16(9-4-13(17)2)22-21(26)20(25)19(24)18(12-23)27-22/h4-9,11,18-19,21-24,26H,3,10,12H2,1-2H3/t18-,19+,21?,22+/m1/s1. The Bertz CT molecular complexity index is 799. The Labute approximate surface area is 159 Å². The van der Waals surface area contributed by atoms with Crippen LogP contribution in [0.2, 0.25) is 0 Å². The normalized spacial score (nSPS) is 25.6. The fraction of sp³-hybridized carbons (Fsp3) is 0.409. The van der Waals surface area contributed by atoms with Crippen molar-refractivity contribution in [1.82, 2.24) is 0 Å². The average Bonchev–Trinajstić information content (AvgIpc) is 2.69. The molecule has 2 aromatic rings. The first kappa shape index (κ1) is 19.7. The minimum atomic E-state index is -1.51. The summed E-state index contributed by atoms with van der Waals surface area (Å²) in [5.41, 5.74) is 5.31. The Morgan fingerprint density at radius 2 is 1.67 bits per heavy atom. The maximum Gasteiger partial charge on any atom is 0.195 e. The van der Waals surface area contributed by atoms with Crippen LogP contribution in [0.15, 0.2) is 42.5 Å². The average molecular weight is 370 g/mol. The number of hydrogen-bond donors (Lipinski definition) is 3. The third-order valence-electron chi connectivity index (χ3n) is 5.25. The topological polar surface area (TPSA) is 87.0 Å². The predicted octanol–water partition coefficient (Wildman–Crippen LogP) is 1.87. The molecule has 5 heteroatoms. The molecule has 3 N–H and O–H groups in total. The van der Waals surface area contributed by atoms with Gasteiger partial charge >= 0.3 is 0 Å². The third kappa shape index (κ3) is 4.12. The second kappa shape index (κ2) is 8.31. The molecular formula is C22H26O5. The molecule has 144 valence electrons. The quantitative estimate of drug-likeness (QED) is 0.748. The lowest BCUT2D eigenvalue weighted by molar-refractivity contribution is -0.189. The predicted molar refractivity (Wildman–Crippen MR) is 102 cm³/mol. The van der Waals surface area contributed by atoms with Gasteiger partial charge in [0.25, 0.3) is 0 Å². The summed E-state index contributed by atoms with van der Waals surface area (Å²) in [6, 6.07) is 14.1. The van der Waals surface area contributed by atoms with Crippen LogP contribution >= 0.6 is 0 Å². The van der Waals surface area contributed by atoms with E-state index in [-0.39, 0.29) is 0 Å². The Kier molecular flexibility index (Phi) is 6.07. The number of hydrogen-bond acceptors (Lipinski definition) is 5. The molecule has 1 unspecified atom stereocenters. The first-order chi connectivity index (χ1) is 12.9. The zero-order valence-electron chi connectivity index (χ0n) is 15.6. The molecule has 4 atom stereocenters. The van der Waals surface area contributed by atoms with Gasteiger partial charge in [-0.25, -0.2) is 0 Å². The Morgan fingerprint density at radius 3 is 2.30 bits per heavy atom. The molecule has 0 bridgehead atoms. The Hall–Kier alpha value is -2.05. The van der Waals surface area contributed by atoms with Gasteiger partial charge in [0.05, 0.1) is 6.61 Å². The number of aliphatic hydroxyl groups excluding tert-OH is 3. The first-order valence-corrected chi connectivity index (χ1v) is 9.28. The highest BCUT2D eigenvalue weighted by atomic mass is 16.5. The van der Waals surface area contributed by atoms with Crippen LogP contribution in [-0.4, -0.2) is 46.0 Å². The van der Waals surface area contributed by atoms with E-state index in [2.05, 4.69) is 31.2 Å². The third-order valence-corrected chi connectivity index (χ3v) is 5.25. The van der Waals surface area contributed by atoms with E-state index in [1.54, 1.807) is 0 Å². The highest BCUT2D eigenvalue weighted by molar-refractivity contribution is 5.89. The lowest BCUT2D eigenvalue weighted by Gasteiger charge is -2.35. The molecule has 0 aromatic heterocycles. The number of benzene rings is 2. The molecule has 2 aromatic carbocycles. The molecule has 27 heavy (non-hydrogen) atoms. The number of rotatable bonds is 5. The van der Waals surface area contributed by atoms with Crippen molar-refractivity contribution in [3.63, 3.8) is 0 Å². The van der Waals surface area contributed by atoms with Gasteiger partial charge in [0.15, 0.2) is 5.78 Å². The fourth-order valence-corrected chi connectivity index (χ4v) is 3.42. The SMILES string of the molecule is CCc1ccc(Cc2cc([C@@H]3O[C@H](CO)[C@H](O)C(=O)C3O)ccc2C)cc1. The largest absolute Gasteiger partial charge is 0.394 e. The fourth-order valence-electron chi connectivity index (χ4n) is 3.42. The molecule has 0 aliphatic carbocycles. The van der Waals surface area contributed by atoms with Crippen molar-refractivity contribution in [2.45, 2.75) is 51.1 Å². The smallest absolute Gasteiger partial charge is 0.195 e. The van der Waals surface area contributed by atoms with Gasteiger partial charge in [-0.05, 0) is 47.6 Å². The Balaban J connectivity index is 1.86. The van der Waals surface area contributed by atoms with E-state index in [0.29, 0.717) is 5.56 Å². The van der Waals surface area contributed by atoms with Crippen LogP contribution in [0.1, 0.15) is 40.8 Å². The van der Waals surface area contributed by atoms with Crippen LogP contribution in [0.4, 0.5) is 0 Å². The van der Waals surface area contributed by atoms with E-state index >= 15 is 0 Å². The van der Waals surface area contributed by atoms with E-state index in [0.717, 1.165) is 24.0 Å². The molecule has 1 aliphatic rings. The maximum atomic E-state index is 12.1. The van der Waals surface area contributed by atoms with Gasteiger partial charge in [-0.3, -0.25) is 4.79 Å². The van der Waals surface area contributed by atoms with Gasteiger partial charge in [-0.15, -0.1) is 0 Å². The minimum absolute atomic E-state index is 0.487. The second-order valence-corrected chi connectivity index (χ2v) is 7.10. The number of Topliss-reactive ketones (excluding diaryl/α,β-unsaturated/α-hetero) is 1. The minimum Gasteiger partial charge on any atom is -0.394 e. The van der Waals surface area contributed by atoms with Gasteiger partial charge in [-0.2, -0.15) is 0 Å². The van der Waals surface area contributed by atoms with Crippen molar-refractivity contribution in [3.05, 3.63) is 70.3 Å². The van der Waals surface area contributed by atoms with Crippen LogP contribution in [0.3, 0.4) is 0 Å².